The molecule has 1 spiro atoms. The summed E-state index contributed by atoms with van der Waals surface area (Å²) in [5.41, 5.74) is -0.489. The zero-order valence-corrected chi connectivity index (χ0v) is 16.6. The van der Waals surface area contributed by atoms with E-state index in [0.717, 1.165) is 0 Å². The van der Waals surface area contributed by atoms with Crippen LogP contribution in [0.25, 0.3) is 0 Å². The maximum Gasteiger partial charge on any atom is 0.345 e. The zero-order chi connectivity index (χ0) is 20.1. The van der Waals surface area contributed by atoms with E-state index in [1.54, 1.807) is 17.8 Å². The summed E-state index contributed by atoms with van der Waals surface area (Å²) in [6.45, 7) is 5.18. The van der Waals surface area contributed by atoms with E-state index in [0.29, 0.717) is 51.7 Å². The third-order valence-electron chi connectivity index (χ3n) is 5.69. The highest BCUT2D eigenvalue weighted by Crippen LogP contribution is 2.47. The van der Waals surface area contributed by atoms with Crippen molar-refractivity contribution < 1.29 is 28.6 Å². The first-order chi connectivity index (χ1) is 13.5. The number of carbonyl (C=O) groups excluding carboxylic acids is 3. The van der Waals surface area contributed by atoms with Gasteiger partial charge in [-0.25, -0.2) is 4.79 Å². The molecule has 3 rings (SSSR count). The molecule has 0 aliphatic heterocycles. The van der Waals surface area contributed by atoms with Crippen molar-refractivity contribution in [2.45, 2.75) is 58.4 Å². The molecule has 0 aromatic carbocycles. The Kier molecular flexibility index (Phi) is 6.49. The number of Topliss-reactive ketones (excluding diaryl/α,β-unsaturated/α-hetero) is 2. The van der Waals surface area contributed by atoms with Crippen LogP contribution in [0.4, 0.5) is 0 Å². The van der Waals surface area contributed by atoms with Crippen molar-refractivity contribution in [1.29, 1.82) is 0 Å². The smallest absolute Gasteiger partial charge is 0.345 e. The average Bonchev–Trinajstić information content (AvgIpc) is 3.24. The van der Waals surface area contributed by atoms with Gasteiger partial charge in [0.2, 0.25) is 5.88 Å². The molecule has 0 bridgehead atoms. The van der Waals surface area contributed by atoms with E-state index in [4.69, 9.17) is 14.2 Å². The highest BCUT2D eigenvalue weighted by Gasteiger charge is 2.51. The van der Waals surface area contributed by atoms with Crippen molar-refractivity contribution in [2.75, 3.05) is 26.4 Å². The normalized spacial score (nSPS) is 19.4. The average molecular weight is 392 g/mol. The van der Waals surface area contributed by atoms with Gasteiger partial charge in [-0.2, -0.15) is 0 Å². The lowest BCUT2D eigenvalue weighted by Crippen LogP contribution is -2.37. The number of nitrogens with zero attached hydrogens (tertiary/aromatic N) is 2. The van der Waals surface area contributed by atoms with E-state index >= 15 is 0 Å². The van der Waals surface area contributed by atoms with Crippen LogP contribution < -0.4 is 4.74 Å². The highest BCUT2D eigenvalue weighted by molar-refractivity contribution is 6.12. The summed E-state index contributed by atoms with van der Waals surface area (Å²) in [5.74, 6) is -0.0767. The SMILES string of the molecule is CCOCCOc1nn(C2CCC3(CC2)C(=O)CCC3=O)cc1C(=O)OCC. The Hall–Kier alpha value is -2.22. The quantitative estimate of drug-likeness (QED) is 0.381. The van der Waals surface area contributed by atoms with Gasteiger partial charge in [0.15, 0.2) is 0 Å². The molecule has 2 aliphatic carbocycles. The summed E-state index contributed by atoms with van der Waals surface area (Å²) >= 11 is 0. The minimum absolute atomic E-state index is 0.0178. The predicted octanol–water partition coefficient (Wildman–Crippen LogP) is 2.51. The number of hydrogen-bond donors (Lipinski definition) is 0. The zero-order valence-electron chi connectivity index (χ0n) is 16.6. The van der Waals surface area contributed by atoms with Crippen molar-refractivity contribution in [1.82, 2.24) is 9.78 Å². The Bertz CT molecular complexity index is 715. The van der Waals surface area contributed by atoms with Crippen molar-refractivity contribution >= 4 is 17.5 Å². The van der Waals surface area contributed by atoms with Crippen LogP contribution in [0.15, 0.2) is 6.20 Å². The van der Waals surface area contributed by atoms with E-state index in [2.05, 4.69) is 5.10 Å². The van der Waals surface area contributed by atoms with Crippen LogP contribution in [0.2, 0.25) is 0 Å². The molecule has 1 aromatic rings. The second kappa shape index (κ2) is 8.86. The predicted molar refractivity (Wildman–Crippen MR) is 99.4 cm³/mol. The van der Waals surface area contributed by atoms with E-state index in [9.17, 15) is 14.4 Å². The first-order valence-corrected chi connectivity index (χ1v) is 10.0. The van der Waals surface area contributed by atoms with Crippen LogP contribution >= 0.6 is 0 Å². The van der Waals surface area contributed by atoms with Crippen LogP contribution in [-0.2, 0) is 19.1 Å². The van der Waals surface area contributed by atoms with Gasteiger partial charge >= 0.3 is 5.97 Å². The number of ketones is 2. The third kappa shape index (κ3) is 3.97. The molecule has 2 saturated carbocycles. The second-order valence-corrected chi connectivity index (χ2v) is 7.25. The van der Waals surface area contributed by atoms with Gasteiger partial charge in [0.25, 0.3) is 0 Å². The van der Waals surface area contributed by atoms with E-state index in [-0.39, 0.29) is 42.3 Å². The maximum atomic E-state index is 12.3. The van der Waals surface area contributed by atoms with Gasteiger partial charge in [0.1, 0.15) is 23.7 Å². The molecule has 28 heavy (non-hydrogen) atoms. The van der Waals surface area contributed by atoms with Crippen LogP contribution in [0.3, 0.4) is 0 Å². The molecule has 0 N–H and O–H groups in total. The molecule has 2 fully saturated rings. The number of carbonyl (C=O) groups is 3. The van der Waals surface area contributed by atoms with Crippen LogP contribution in [-0.4, -0.2) is 53.7 Å². The summed E-state index contributed by atoms with van der Waals surface area (Å²) in [6, 6.07) is 0.0178. The molecule has 2 aliphatic rings. The molecule has 1 heterocycles. The van der Waals surface area contributed by atoms with E-state index in [1.165, 1.54) is 0 Å². The monoisotopic (exact) mass is 392 g/mol. The summed E-state index contributed by atoms with van der Waals surface area (Å²) in [6.07, 6.45) is 4.82. The Morgan fingerprint density at radius 1 is 1.14 bits per heavy atom. The standard InChI is InChI=1S/C20H28N2O6/c1-3-26-11-12-28-18-15(19(25)27-4-2)13-22(21-18)14-7-9-20(10-8-14)16(23)5-6-17(20)24/h13-14H,3-12H2,1-2H3. The van der Waals surface area contributed by atoms with Crippen molar-refractivity contribution in [3.63, 3.8) is 0 Å². The summed E-state index contributed by atoms with van der Waals surface area (Å²) in [4.78, 5) is 36.8. The topological polar surface area (TPSA) is 96.7 Å². The number of hydrogen-bond acceptors (Lipinski definition) is 7. The van der Waals surface area contributed by atoms with Gasteiger partial charge in [-0.1, -0.05) is 0 Å². The lowest BCUT2D eigenvalue weighted by Gasteiger charge is -2.34. The van der Waals surface area contributed by atoms with Crippen LogP contribution in [0.5, 0.6) is 5.88 Å². The molecule has 8 nitrogen and oxygen atoms in total. The fourth-order valence-corrected chi connectivity index (χ4v) is 4.14. The molecule has 8 heteroatoms. The summed E-state index contributed by atoms with van der Waals surface area (Å²) in [7, 11) is 0. The second-order valence-electron chi connectivity index (χ2n) is 7.25. The van der Waals surface area contributed by atoms with Gasteiger partial charge in [-0.05, 0) is 39.5 Å². The fraction of sp³-hybridized carbons (Fsp3) is 0.700. The Morgan fingerprint density at radius 2 is 1.82 bits per heavy atom. The van der Waals surface area contributed by atoms with Gasteiger partial charge in [-0.15, -0.1) is 5.10 Å². The largest absolute Gasteiger partial charge is 0.474 e. The van der Waals surface area contributed by atoms with Crippen LogP contribution in [0.1, 0.15) is 68.8 Å². The highest BCUT2D eigenvalue weighted by atomic mass is 16.5. The minimum Gasteiger partial charge on any atom is -0.474 e. The number of esters is 1. The Labute approximate surface area is 164 Å². The molecule has 0 unspecified atom stereocenters. The van der Waals surface area contributed by atoms with Gasteiger partial charge in [0.05, 0.1) is 24.7 Å². The lowest BCUT2D eigenvalue weighted by molar-refractivity contribution is -0.137. The molecule has 0 radical (unpaired) electrons. The van der Waals surface area contributed by atoms with Crippen molar-refractivity contribution in [2.24, 2.45) is 5.41 Å². The first-order valence-electron chi connectivity index (χ1n) is 10.0. The molecule has 0 amide bonds. The lowest BCUT2D eigenvalue weighted by atomic mass is 9.70. The fourth-order valence-electron chi connectivity index (χ4n) is 4.14. The van der Waals surface area contributed by atoms with Crippen LogP contribution in [0, 0.1) is 5.41 Å². The summed E-state index contributed by atoms with van der Waals surface area (Å²) < 4.78 is 17.7. The molecular formula is C20H28N2O6. The first kappa shape index (κ1) is 20.5. The summed E-state index contributed by atoms with van der Waals surface area (Å²) in [5, 5.41) is 4.46. The Morgan fingerprint density at radius 3 is 2.43 bits per heavy atom. The number of ether oxygens (including phenoxy) is 3. The Balaban J connectivity index is 1.72. The van der Waals surface area contributed by atoms with Gasteiger partial charge < -0.3 is 14.2 Å². The van der Waals surface area contributed by atoms with Crippen molar-refractivity contribution in [3.05, 3.63) is 11.8 Å². The molecule has 0 saturated heterocycles. The van der Waals surface area contributed by atoms with Crippen molar-refractivity contribution in [3.8, 4) is 5.88 Å². The minimum atomic E-state index is -0.773. The molecular weight excluding hydrogens is 364 g/mol. The molecule has 154 valence electrons. The van der Waals surface area contributed by atoms with E-state index < -0.39 is 11.4 Å². The number of rotatable bonds is 8. The maximum absolute atomic E-state index is 12.3. The van der Waals surface area contributed by atoms with E-state index in [1.807, 2.05) is 6.92 Å². The molecule has 1 aromatic heterocycles. The molecule has 0 atom stereocenters. The number of aromatic nitrogens is 2. The van der Waals surface area contributed by atoms with Gasteiger partial charge in [0, 0.05) is 25.6 Å². The third-order valence-corrected chi connectivity index (χ3v) is 5.69. The van der Waals surface area contributed by atoms with Gasteiger partial charge in [-0.3, -0.25) is 14.3 Å².